The van der Waals surface area contributed by atoms with Crippen molar-refractivity contribution in [2.24, 2.45) is 17.3 Å². The highest BCUT2D eigenvalue weighted by molar-refractivity contribution is 5.74. The third-order valence-corrected chi connectivity index (χ3v) is 3.44. The molecule has 1 saturated carbocycles. The molecule has 3 unspecified atom stereocenters. The summed E-state index contributed by atoms with van der Waals surface area (Å²) in [5, 5.41) is 8.81. The lowest BCUT2D eigenvalue weighted by Crippen LogP contribution is -2.18. The first kappa shape index (κ1) is 8.05. The molecule has 3 atom stereocenters. The lowest BCUT2D eigenvalue weighted by Gasteiger charge is -2.16. The van der Waals surface area contributed by atoms with Crippen LogP contribution in [0, 0.1) is 17.3 Å². The fourth-order valence-electron chi connectivity index (χ4n) is 2.26. The second-order valence-electron chi connectivity index (χ2n) is 4.16. The molecule has 0 amide bonds. The summed E-state index contributed by atoms with van der Waals surface area (Å²) in [6.07, 6.45) is 1.89. The minimum absolute atomic E-state index is 0.0440. The molecule has 2 aliphatic rings. The Hall–Kier alpha value is -0.570. The van der Waals surface area contributed by atoms with Gasteiger partial charge in [-0.25, -0.2) is 0 Å². The number of carboxylic acid groups (broad SMARTS) is 1. The lowest BCUT2D eigenvalue weighted by atomic mass is 9.88. The van der Waals surface area contributed by atoms with Crippen molar-refractivity contribution in [1.29, 1.82) is 0 Å². The van der Waals surface area contributed by atoms with Crippen molar-refractivity contribution in [2.45, 2.75) is 19.8 Å². The number of carboxylic acids is 1. The summed E-state index contributed by atoms with van der Waals surface area (Å²) in [5.41, 5.74) is 0.0440. The van der Waals surface area contributed by atoms with Gasteiger partial charge >= 0.3 is 5.97 Å². The number of aliphatic carboxylic acids is 1. The molecule has 0 aromatic rings. The van der Waals surface area contributed by atoms with Crippen LogP contribution in [0.1, 0.15) is 19.8 Å². The summed E-state index contributed by atoms with van der Waals surface area (Å²) in [5.74, 6) is -0.257. The Morgan fingerprint density at radius 1 is 1.67 bits per heavy atom. The van der Waals surface area contributed by atoms with Crippen molar-refractivity contribution < 1.29 is 14.6 Å². The van der Waals surface area contributed by atoms with E-state index in [0.29, 0.717) is 5.92 Å². The monoisotopic (exact) mass is 170 g/mol. The van der Waals surface area contributed by atoms with E-state index in [2.05, 4.69) is 6.92 Å². The van der Waals surface area contributed by atoms with Gasteiger partial charge in [0, 0.05) is 6.61 Å². The molecule has 2 rings (SSSR count). The highest BCUT2D eigenvalue weighted by Crippen LogP contribution is 2.59. The van der Waals surface area contributed by atoms with Gasteiger partial charge in [0.05, 0.1) is 12.5 Å². The number of hydrogen-bond donors (Lipinski definition) is 1. The number of ether oxygens (including phenoxy) is 1. The average Bonchev–Trinajstić information content (AvgIpc) is 2.52. The third-order valence-electron chi connectivity index (χ3n) is 3.44. The van der Waals surface area contributed by atoms with Crippen molar-refractivity contribution in [2.75, 3.05) is 13.2 Å². The smallest absolute Gasteiger partial charge is 0.307 e. The molecule has 0 aromatic heterocycles. The van der Waals surface area contributed by atoms with Crippen LogP contribution in [0.15, 0.2) is 0 Å². The molecular formula is C9H14O3. The maximum absolute atomic E-state index is 10.7. The van der Waals surface area contributed by atoms with Crippen LogP contribution in [-0.4, -0.2) is 24.3 Å². The standard InChI is InChI=1S/C9H14O3/c1-9(4-7(9)8(10)11)6-2-3-12-5-6/h6-7H,2-5H2,1H3,(H,10,11). The minimum Gasteiger partial charge on any atom is -0.481 e. The van der Waals surface area contributed by atoms with E-state index >= 15 is 0 Å². The first-order valence-electron chi connectivity index (χ1n) is 4.45. The van der Waals surface area contributed by atoms with E-state index in [1.165, 1.54) is 0 Å². The Morgan fingerprint density at radius 3 is 2.83 bits per heavy atom. The van der Waals surface area contributed by atoms with E-state index < -0.39 is 5.97 Å². The zero-order valence-electron chi connectivity index (χ0n) is 7.25. The van der Waals surface area contributed by atoms with Gasteiger partial charge in [0.15, 0.2) is 0 Å². The molecule has 0 radical (unpaired) electrons. The largest absolute Gasteiger partial charge is 0.481 e. The van der Waals surface area contributed by atoms with Gasteiger partial charge in [0.25, 0.3) is 0 Å². The van der Waals surface area contributed by atoms with Crippen LogP contribution >= 0.6 is 0 Å². The summed E-state index contributed by atoms with van der Waals surface area (Å²) in [6, 6.07) is 0. The Balaban J connectivity index is 2.00. The van der Waals surface area contributed by atoms with Crippen LogP contribution < -0.4 is 0 Å². The Bertz CT molecular complexity index is 208. The molecule has 0 aromatic carbocycles. The van der Waals surface area contributed by atoms with Crippen molar-refractivity contribution in [3.8, 4) is 0 Å². The van der Waals surface area contributed by atoms with Crippen LogP contribution in [0.5, 0.6) is 0 Å². The number of rotatable bonds is 2. The average molecular weight is 170 g/mol. The minimum atomic E-state index is -0.635. The molecule has 1 saturated heterocycles. The van der Waals surface area contributed by atoms with E-state index in [9.17, 15) is 4.79 Å². The van der Waals surface area contributed by atoms with Crippen molar-refractivity contribution in [1.82, 2.24) is 0 Å². The molecule has 68 valence electrons. The first-order valence-corrected chi connectivity index (χ1v) is 4.45. The first-order chi connectivity index (χ1) is 5.64. The summed E-state index contributed by atoms with van der Waals surface area (Å²) in [4.78, 5) is 10.7. The van der Waals surface area contributed by atoms with Gasteiger partial charge < -0.3 is 9.84 Å². The molecule has 1 N–H and O–H groups in total. The summed E-state index contributed by atoms with van der Waals surface area (Å²) < 4.78 is 5.26. The Kier molecular flexibility index (Phi) is 1.65. The molecule has 12 heavy (non-hydrogen) atoms. The van der Waals surface area contributed by atoms with E-state index in [4.69, 9.17) is 9.84 Å². The van der Waals surface area contributed by atoms with Gasteiger partial charge in [-0.2, -0.15) is 0 Å². The van der Waals surface area contributed by atoms with Crippen LogP contribution in [0.4, 0.5) is 0 Å². The molecule has 1 aliphatic heterocycles. The lowest BCUT2D eigenvalue weighted by molar-refractivity contribution is -0.139. The zero-order chi connectivity index (χ0) is 8.77. The van der Waals surface area contributed by atoms with E-state index in [-0.39, 0.29) is 11.3 Å². The summed E-state index contributed by atoms with van der Waals surface area (Å²) in [6.45, 7) is 3.65. The van der Waals surface area contributed by atoms with Crippen LogP contribution in [0.3, 0.4) is 0 Å². The summed E-state index contributed by atoms with van der Waals surface area (Å²) in [7, 11) is 0. The topological polar surface area (TPSA) is 46.5 Å². The zero-order valence-corrected chi connectivity index (χ0v) is 7.25. The second-order valence-corrected chi connectivity index (χ2v) is 4.16. The van der Waals surface area contributed by atoms with Gasteiger partial charge in [-0.3, -0.25) is 4.79 Å². The second kappa shape index (κ2) is 2.46. The fraction of sp³-hybridized carbons (Fsp3) is 0.889. The SMILES string of the molecule is CC1(C2CCOC2)CC1C(=O)O. The Morgan fingerprint density at radius 2 is 2.42 bits per heavy atom. The van der Waals surface area contributed by atoms with Gasteiger partial charge in [0.2, 0.25) is 0 Å². The molecule has 3 heteroatoms. The molecule has 1 aliphatic carbocycles. The predicted octanol–water partition coefficient (Wildman–Crippen LogP) is 1.13. The fourth-order valence-corrected chi connectivity index (χ4v) is 2.26. The summed E-state index contributed by atoms with van der Waals surface area (Å²) >= 11 is 0. The van der Waals surface area contributed by atoms with E-state index in [1.807, 2.05) is 0 Å². The van der Waals surface area contributed by atoms with Crippen molar-refractivity contribution in [3.63, 3.8) is 0 Å². The van der Waals surface area contributed by atoms with E-state index in [0.717, 1.165) is 26.1 Å². The Labute approximate surface area is 71.7 Å². The maximum Gasteiger partial charge on any atom is 0.307 e. The predicted molar refractivity (Wildman–Crippen MR) is 42.8 cm³/mol. The third kappa shape index (κ3) is 1.04. The molecule has 2 fully saturated rings. The molecule has 0 bridgehead atoms. The number of hydrogen-bond acceptors (Lipinski definition) is 2. The van der Waals surface area contributed by atoms with Gasteiger partial charge in [-0.15, -0.1) is 0 Å². The maximum atomic E-state index is 10.7. The van der Waals surface area contributed by atoms with Crippen molar-refractivity contribution in [3.05, 3.63) is 0 Å². The van der Waals surface area contributed by atoms with Crippen LogP contribution in [-0.2, 0) is 9.53 Å². The van der Waals surface area contributed by atoms with E-state index in [1.54, 1.807) is 0 Å². The van der Waals surface area contributed by atoms with Gasteiger partial charge in [0.1, 0.15) is 0 Å². The highest BCUT2D eigenvalue weighted by Gasteiger charge is 2.59. The molecular weight excluding hydrogens is 156 g/mol. The molecule has 1 heterocycles. The molecule has 3 nitrogen and oxygen atoms in total. The van der Waals surface area contributed by atoms with Crippen LogP contribution in [0.25, 0.3) is 0 Å². The van der Waals surface area contributed by atoms with Crippen molar-refractivity contribution >= 4 is 5.97 Å². The number of carbonyl (C=O) groups is 1. The normalized spacial score (nSPS) is 46.1. The van der Waals surface area contributed by atoms with Gasteiger partial charge in [-0.1, -0.05) is 6.92 Å². The highest BCUT2D eigenvalue weighted by atomic mass is 16.5. The van der Waals surface area contributed by atoms with Crippen LogP contribution in [0.2, 0.25) is 0 Å². The molecule has 0 spiro atoms. The quantitative estimate of drug-likeness (QED) is 0.675. The van der Waals surface area contributed by atoms with Gasteiger partial charge in [-0.05, 0) is 24.2 Å².